The van der Waals surface area contributed by atoms with Crippen molar-refractivity contribution < 1.29 is 9.90 Å². The fraction of sp³-hybridized carbons (Fsp3) is 0.235. The molecule has 0 heterocycles. The first-order valence-corrected chi connectivity index (χ1v) is 7.76. The molecule has 4 heteroatoms. The second-order valence-corrected chi connectivity index (χ2v) is 6.15. The lowest BCUT2D eigenvalue weighted by Crippen LogP contribution is -2.07. The number of thioether (sulfide) groups is 1. The SMILES string of the molecule is Cc1ccc(N)c(SCc2ccc(C(C)C(=O)O)cc2)c1. The van der Waals surface area contributed by atoms with E-state index in [1.807, 2.05) is 43.3 Å². The van der Waals surface area contributed by atoms with Crippen molar-refractivity contribution >= 4 is 23.4 Å². The average molecular weight is 301 g/mol. The molecule has 110 valence electrons. The number of benzene rings is 2. The van der Waals surface area contributed by atoms with Crippen molar-refractivity contribution in [1.29, 1.82) is 0 Å². The van der Waals surface area contributed by atoms with Gasteiger partial charge < -0.3 is 10.8 Å². The number of carbonyl (C=O) groups is 1. The second-order valence-electron chi connectivity index (χ2n) is 5.13. The smallest absolute Gasteiger partial charge is 0.310 e. The van der Waals surface area contributed by atoms with Crippen molar-refractivity contribution in [2.45, 2.75) is 30.4 Å². The lowest BCUT2D eigenvalue weighted by molar-refractivity contribution is -0.138. The molecule has 2 aromatic carbocycles. The molecule has 0 bridgehead atoms. The number of hydrogen-bond acceptors (Lipinski definition) is 3. The van der Waals surface area contributed by atoms with Gasteiger partial charge in [0, 0.05) is 16.3 Å². The van der Waals surface area contributed by atoms with E-state index in [-0.39, 0.29) is 0 Å². The Kier molecular flexibility index (Phi) is 4.91. The van der Waals surface area contributed by atoms with E-state index < -0.39 is 11.9 Å². The first-order valence-electron chi connectivity index (χ1n) is 6.78. The maximum absolute atomic E-state index is 10.9. The highest BCUT2D eigenvalue weighted by molar-refractivity contribution is 7.98. The molecule has 0 radical (unpaired) electrons. The van der Waals surface area contributed by atoms with Crippen LogP contribution in [0, 0.1) is 6.92 Å². The van der Waals surface area contributed by atoms with Crippen LogP contribution in [0.15, 0.2) is 47.4 Å². The van der Waals surface area contributed by atoms with Gasteiger partial charge in [-0.1, -0.05) is 30.3 Å². The Hall–Kier alpha value is -1.94. The van der Waals surface area contributed by atoms with E-state index in [0.717, 1.165) is 27.5 Å². The van der Waals surface area contributed by atoms with Gasteiger partial charge in [-0.3, -0.25) is 4.79 Å². The molecule has 3 nitrogen and oxygen atoms in total. The number of nitrogen functional groups attached to an aromatic ring is 1. The van der Waals surface area contributed by atoms with Crippen LogP contribution in [0.3, 0.4) is 0 Å². The van der Waals surface area contributed by atoms with Crippen LogP contribution in [0.4, 0.5) is 5.69 Å². The van der Waals surface area contributed by atoms with Gasteiger partial charge in [-0.15, -0.1) is 11.8 Å². The molecule has 1 atom stereocenters. The highest BCUT2D eigenvalue weighted by atomic mass is 32.2. The quantitative estimate of drug-likeness (QED) is 0.646. The topological polar surface area (TPSA) is 63.3 Å². The Morgan fingerprint density at radius 2 is 1.90 bits per heavy atom. The standard InChI is InChI=1S/C17H19NO2S/c1-11-3-8-15(18)16(9-11)21-10-13-4-6-14(7-5-13)12(2)17(19)20/h3-9,12H,10,18H2,1-2H3,(H,19,20). The number of anilines is 1. The molecule has 0 fully saturated rings. The third-order valence-corrected chi connectivity index (χ3v) is 4.56. The minimum Gasteiger partial charge on any atom is -0.481 e. The fourth-order valence-electron chi connectivity index (χ4n) is 1.97. The molecule has 0 saturated heterocycles. The van der Waals surface area contributed by atoms with Gasteiger partial charge >= 0.3 is 5.97 Å². The molecule has 3 N–H and O–H groups in total. The molecule has 0 spiro atoms. The third kappa shape index (κ3) is 4.02. The van der Waals surface area contributed by atoms with Crippen LogP contribution in [-0.4, -0.2) is 11.1 Å². The van der Waals surface area contributed by atoms with Crippen molar-refractivity contribution in [3.8, 4) is 0 Å². The third-order valence-electron chi connectivity index (χ3n) is 3.41. The number of hydrogen-bond donors (Lipinski definition) is 2. The van der Waals surface area contributed by atoms with Gasteiger partial charge in [0.05, 0.1) is 5.92 Å². The first kappa shape index (κ1) is 15.4. The molecule has 0 aliphatic heterocycles. The number of carboxylic acids is 1. The molecule has 0 amide bonds. The van der Waals surface area contributed by atoms with Crippen LogP contribution >= 0.6 is 11.8 Å². The van der Waals surface area contributed by atoms with Gasteiger partial charge in [-0.05, 0) is 42.7 Å². The average Bonchev–Trinajstić information content (AvgIpc) is 2.48. The van der Waals surface area contributed by atoms with Gasteiger partial charge in [-0.25, -0.2) is 0 Å². The normalized spacial score (nSPS) is 12.1. The minimum atomic E-state index is -0.801. The van der Waals surface area contributed by atoms with Crippen LogP contribution in [0.25, 0.3) is 0 Å². The zero-order valence-corrected chi connectivity index (χ0v) is 13.0. The second kappa shape index (κ2) is 6.68. The predicted molar refractivity (Wildman–Crippen MR) is 87.6 cm³/mol. The van der Waals surface area contributed by atoms with Crippen molar-refractivity contribution in [2.75, 3.05) is 5.73 Å². The van der Waals surface area contributed by atoms with Crippen LogP contribution in [0.1, 0.15) is 29.5 Å². The molecule has 21 heavy (non-hydrogen) atoms. The molecular weight excluding hydrogens is 282 g/mol. The van der Waals surface area contributed by atoms with E-state index >= 15 is 0 Å². The van der Waals surface area contributed by atoms with Crippen molar-refractivity contribution in [2.24, 2.45) is 0 Å². The van der Waals surface area contributed by atoms with Gasteiger partial charge in [0.1, 0.15) is 0 Å². The Morgan fingerprint density at radius 3 is 2.52 bits per heavy atom. The Labute approximate surface area is 129 Å². The molecule has 0 saturated carbocycles. The fourth-order valence-corrected chi connectivity index (χ4v) is 2.99. The van der Waals surface area contributed by atoms with Gasteiger partial charge in [0.2, 0.25) is 0 Å². The van der Waals surface area contributed by atoms with Gasteiger partial charge in [0.15, 0.2) is 0 Å². The summed E-state index contributed by atoms with van der Waals surface area (Å²) >= 11 is 1.69. The summed E-state index contributed by atoms with van der Waals surface area (Å²) in [6, 6.07) is 13.7. The van der Waals surface area contributed by atoms with Crippen molar-refractivity contribution in [3.05, 3.63) is 59.2 Å². The van der Waals surface area contributed by atoms with E-state index in [2.05, 4.69) is 6.07 Å². The zero-order valence-electron chi connectivity index (χ0n) is 12.2. The highest BCUT2D eigenvalue weighted by Crippen LogP contribution is 2.29. The Morgan fingerprint density at radius 1 is 1.24 bits per heavy atom. The summed E-state index contributed by atoms with van der Waals surface area (Å²) in [7, 11) is 0. The van der Waals surface area contributed by atoms with E-state index in [4.69, 9.17) is 10.8 Å². The zero-order chi connectivity index (χ0) is 15.4. The Balaban J connectivity index is 2.04. The largest absolute Gasteiger partial charge is 0.481 e. The first-order chi connectivity index (χ1) is 9.97. The minimum absolute atomic E-state index is 0.473. The molecule has 0 aliphatic carbocycles. The maximum Gasteiger partial charge on any atom is 0.310 e. The van der Waals surface area contributed by atoms with Crippen LogP contribution in [0.5, 0.6) is 0 Å². The monoisotopic (exact) mass is 301 g/mol. The number of nitrogens with two attached hydrogens (primary N) is 1. The number of rotatable bonds is 5. The van der Waals surface area contributed by atoms with E-state index in [1.165, 1.54) is 5.56 Å². The molecule has 0 aromatic heterocycles. The Bertz CT molecular complexity index is 638. The molecule has 0 aliphatic rings. The van der Waals surface area contributed by atoms with Crippen LogP contribution in [-0.2, 0) is 10.5 Å². The molecule has 2 rings (SSSR count). The van der Waals surface area contributed by atoms with E-state index in [0.29, 0.717) is 0 Å². The number of aliphatic carboxylic acids is 1. The summed E-state index contributed by atoms with van der Waals surface area (Å²) in [5.41, 5.74) is 9.93. The molecule has 2 aromatic rings. The highest BCUT2D eigenvalue weighted by Gasteiger charge is 2.13. The summed E-state index contributed by atoms with van der Waals surface area (Å²) in [5.74, 6) is -0.459. The summed E-state index contributed by atoms with van der Waals surface area (Å²) in [6.07, 6.45) is 0. The maximum atomic E-state index is 10.9. The lowest BCUT2D eigenvalue weighted by atomic mass is 10.0. The van der Waals surface area contributed by atoms with Crippen LogP contribution in [0.2, 0.25) is 0 Å². The lowest BCUT2D eigenvalue weighted by Gasteiger charge is -2.09. The van der Waals surface area contributed by atoms with E-state index in [1.54, 1.807) is 18.7 Å². The number of aryl methyl sites for hydroxylation is 1. The summed E-state index contributed by atoms with van der Waals surface area (Å²) in [6.45, 7) is 3.74. The summed E-state index contributed by atoms with van der Waals surface area (Å²) < 4.78 is 0. The summed E-state index contributed by atoms with van der Waals surface area (Å²) in [5, 5.41) is 9.00. The van der Waals surface area contributed by atoms with Gasteiger partial charge in [0.25, 0.3) is 0 Å². The van der Waals surface area contributed by atoms with Crippen molar-refractivity contribution in [3.63, 3.8) is 0 Å². The number of carboxylic acid groups (broad SMARTS) is 1. The van der Waals surface area contributed by atoms with Crippen LogP contribution < -0.4 is 5.73 Å². The van der Waals surface area contributed by atoms with Gasteiger partial charge in [-0.2, -0.15) is 0 Å². The predicted octanol–water partition coefficient (Wildman–Crippen LogP) is 4.06. The molecular formula is C17H19NO2S. The van der Waals surface area contributed by atoms with E-state index in [9.17, 15) is 4.79 Å². The summed E-state index contributed by atoms with van der Waals surface area (Å²) in [4.78, 5) is 12.0. The van der Waals surface area contributed by atoms with Crippen molar-refractivity contribution in [1.82, 2.24) is 0 Å². The molecule has 1 unspecified atom stereocenters.